The van der Waals surface area contributed by atoms with Crippen molar-refractivity contribution < 1.29 is 8.42 Å². The van der Waals surface area contributed by atoms with Crippen LogP contribution >= 0.6 is 0 Å². The van der Waals surface area contributed by atoms with Crippen LogP contribution in [0, 0.1) is 11.3 Å². The monoisotopic (exact) mass is 271 g/mol. The molecule has 1 saturated carbocycles. The Kier molecular flexibility index (Phi) is 3.95. The summed E-state index contributed by atoms with van der Waals surface area (Å²) < 4.78 is 26.6. The molecule has 1 spiro atoms. The zero-order valence-electron chi connectivity index (χ0n) is 10.9. The van der Waals surface area contributed by atoms with Crippen molar-refractivity contribution in [3.8, 4) is 6.07 Å². The van der Waals surface area contributed by atoms with E-state index in [4.69, 9.17) is 5.26 Å². The molecule has 0 aromatic rings. The molecule has 1 N–H and O–H groups in total. The number of rotatable bonds is 2. The molecule has 1 atom stereocenters. The molecular weight excluding hydrogens is 250 g/mol. The van der Waals surface area contributed by atoms with Crippen molar-refractivity contribution in [2.75, 3.05) is 19.6 Å². The van der Waals surface area contributed by atoms with Gasteiger partial charge in [-0.2, -0.15) is 9.57 Å². The zero-order valence-corrected chi connectivity index (χ0v) is 11.7. The molecule has 5 nitrogen and oxygen atoms in total. The maximum atomic E-state index is 12.5. The van der Waals surface area contributed by atoms with Gasteiger partial charge in [0.05, 0.1) is 6.07 Å². The van der Waals surface area contributed by atoms with E-state index >= 15 is 0 Å². The predicted octanol–water partition coefficient (Wildman–Crippen LogP) is 0.836. The number of hydrogen-bond donors (Lipinski definition) is 1. The molecule has 0 aromatic heterocycles. The van der Waals surface area contributed by atoms with Crippen molar-refractivity contribution >= 4 is 10.0 Å². The van der Waals surface area contributed by atoms with Gasteiger partial charge in [-0.3, -0.25) is 0 Å². The van der Waals surface area contributed by atoms with Gasteiger partial charge in [-0.05, 0) is 19.8 Å². The average molecular weight is 271 g/mol. The Morgan fingerprint density at radius 2 is 2.00 bits per heavy atom. The highest BCUT2D eigenvalue weighted by Gasteiger charge is 2.47. The summed E-state index contributed by atoms with van der Waals surface area (Å²) in [6.07, 6.45) is 5.17. The van der Waals surface area contributed by atoms with Crippen LogP contribution in [0.15, 0.2) is 0 Å². The standard InChI is InChI=1S/C12H21N3O2S/c1-11(9-13)18(16,17)15-8-7-14-10-12(15)5-3-2-4-6-12/h11,14H,2-8,10H2,1H3. The summed E-state index contributed by atoms with van der Waals surface area (Å²) in [5, 5.41) is 11.3. The largest absolute Gasteiger partial charge is 0.314 e. The molecule has 6 heteroatoms. The fraction of sp³-hybridized carbons (Fsp3) is 0.917. The van der Waals surface area contributed by atoms with Crippen LogP contribution in [0.25, 0.3) is 0 Å². The molecule has 1 saturated heterocycles. The van der Waals surface area contributed by atoms with Crippen LogP contribution in [-0.4, -0.2) is 43.1 Å². The van der Waals surface area contributed by atoms with Crippen molar-refractivity contribution in [3.05, 3.63) is 0 Å². The lowest BCUT2D eigenvalue weighted by Crippen LogP contribution is -2.64. The van der Waals surface area contributed by atoms with Gasteiger partial charge in [0.1, 0.15) is 0 Å². The molecule has 0 bridgehead atoms. The molecule has 102 valence electrons. The Bertz CT molecular complexity index is 426. The fourth-order valence-electron chi connectivity index (χ4n) is 3.12. The summed E-state index contributed by atoms with van der Waals surface area (Å²) in [4.78, 5) is 0. The Morgan fingerprint density at radius 1 is 1.33 bits per heavy atom. The fourth-order valence-corrected chi connectivity index (χ4v) is 4.77. The number of nitrogens with one attached hydrogen (secondary N) is 1. The van der Waals surface area contributed by atoms with Crippen molar-refractivity contribution in [2.24, 2.45) is 0 Å². The van der Waals surface area contributed by atoms with E-state index in [-0.39, 0.29) is 5.54 Å². The van der Waals surface area contributed by atoms with Crippen molar-refractivity contribution in [1.82, 2.24) is 9.62 Å². The van der Waals surface area contributed by atoms with E-state index in [2.05, 4.69) is 5.32 Å². The summed E-state index contributed by atoms with van der Waals surface area (Å²) in [6.45, 7) is 3.38. The SMILES string of the molecule is CC(C#N)S(=O)(=O)N1CCNCC12CCCCC2. The number of nitrogens with zero attached hydrogens (tertiary/aromatic N) is 2. The highest BCUT2D eigenvalue weighted by Crippen LogP contribution is 2.37. The molecule has 1 unspecified atom stereocenters. The molecule has 18 heavy (non-hydrogen) atoms. The highest BCUT2D eigenvalue weighted by molar-refractivity contribution is 7.90. The van der Waals surface area contributed by atoms with Crippen molar-refractivity contribution in [2.45, 2.75) is 49.8 Å². The van der Waals surface area contributed by atoms with Gasteiger partial charge in [-0.1, -0.05) is 19.3 Å². The van der Waals surface area contributed by atoms with Gasteiger partial charge in [-0.25, -0.2) is 8.42 Å². The second-order valence-electron chi connectivity index (χ2n) is 5.35. The topological polar surface area (TPSA) is 73.2 Å². The van der Waals surface area contributed by atoms with Crippen LogP contribution in [0.5, 0.6) is 0 Å². The lowest BCUT2D eigenvalue weighted by Gasteiger charge is -2.49. The number of nitriles is 1. The third kappa shape index (κ3) is 2.27. The normalized spacial score (nSPS) is 26.7. The smallest absolute Gasteiger partial charge is 0.230 e. The minimum Gasteiger partial charge on any atom is -0.314 e. The highest BCUT2D eigenvalue weighted by atomic mass is 32.2. The predicted molar refractivity (Wildman–Crippen MR) is 69.4 cm³/mol. The first kappa shape index (κ1) is 13.8. The van der Waals surface area contributed by atoms with E-state index in [0.29, 0.717) is 13.1 Å². The Balaban J connectivity index is 2.31. The molecule has 1 aliphatic carbocycles. The van der Waals surface area contributed by atoms with Crippen LogP contribution in [0.2, 0.25) is 0 Å². The van der Waals surface area contributed by atoms with Gasteiger partial charge in [0.15, 0.2) is 5.25 Å². The lowest BCUT2D eigenvalue weighted by molar-refractivity contribution is 0.101. The quantitative estimate of drug-likeness (QED) is 0.807. The van der Waals surface area contributed by atoms with Gasteiger partial charge in [0.25, 0.3) is 0 Å². The third-order valence-corrected chi connectivity index (χ3v) is 6.38. The van der Waals surface area contributed by atoms with Gasteiger partial charge in [-0.15, -0.1) is 0 Å². The van der Waals surface area contributed by atoms with Gasteiger partial charge in [0, 0.05) is 25.2 Å². The van der Waals surface area contributed by atoms with E-state index in [0.717, 1.165) is 32.2 Å². The van der Waals surface area contributed by atoms with Gasteiger partial charge >= 0.3 is 0 Å². The first-order chi connectivity index (χ1) is 8.53. The molecule has 1 aliphatic heterocycles. The van der Waals surface area contributed by atoms with Gasteiger partial charge in [0.2, 0.25) is 10.0 Å². The summed E-state index contributed by atoms with van der Waals surface area (Å²) in [5.74, 6) is 0. The first-order valence-electron chi connectivity index (χ1n) is 6.65. The van der Waals surface area contributed by atoms with Crippen LogP contribution < -0.4 is 5.32 Å². The first-order valence-corrected chi connectivity index (χ1v) is 8.15. The Hall–Kier alpha value is -0.640. The maximum absolute atomic E-state index is 12.5. The maximum Gasteiger partial charge on any atom is 0.230 e. The van der Waals surface area contributed by atoms with Crippen LogP contribution in [0.1, 0.15) is 39.0 Å². The molecule has 0 amide bonds. The van der Waals surface area contributed by atoms with Crippen LogP contribution in [-0.2, 0) is 10.0 Å². The summed E-state index contributed by atoms with van der Waals surface area (Å²) in [7, 11) is -3.49. The molecular formula is C12H21N3O2S. The minimum absolute atomic E-state index is 0.277. The van der Waals surface area contributed by atoms with E-state index < -0.39 is 15.3 Å². The van der Waals surface area contributed by atoms with E-state index in [1.165, 1.54) is 13.3 Å². The van der Waals surface area contributed by atoms with Crippen molar-refractivity contribution in [1.29, 1.82) is 5.26 Å². The molecule has 2 rings (SSSR count). The van der Waals surface area contributed by atoms with Crippen molar-refractivity contribution in [3.63, 3.8) is 0 Å². The summed E-state index contributed by atoms with van der Waals surface area (Å²) in [5.41, 5.74) is -0.277. The molecule has 0 aromatic carbocycles. The number of sulfonamides is 1. The van der Waals surface area contributed by atoms with Crippen LogP contribution in [0.3, 0.4) is 0 Å². The Labute approximate surface area is 109 Å². The summed E-state index contributed by atoms with van der Waals surface area (Å²) in [6, 6.07) is 1.87. The minimum atomic E-state index is -3.49. The Morgan fingerprint density at radius 3 is 2.61 bits per heavy atom. The molecule has 2 fully saturated rings. The van der Waals surface area contributed by atoms with Gasteiger partial charge < -0.3 is 5.32 Å². The van der Waals surface area contributed by atoms with E-state index in [1.54, 1.807) is 4.31 Å². The zero-order chi connectivity index (χ0) is 13.2. The lowest BCUT2D eigenvalue weighted by atomic mass is 9.80. The average Bonchev–Trinajstić information content (AvgIpc) is 2.39. The second-order valence-corrected chi connectivity index (χ2v) is 7.53. The number of hydrogen-bond acceptors (Lipinski definition) is 4. The third-order valence-electron chi connectivity index (χ3n) is 4.19. The van der Waals surface area contributed by atoms with E-state index in [1.807, 2.05) is 6.07 Å². The molecule has 1 heterocycles. The molecule has 2 aliphatic rings. The summed E-state index contributed by atoms with van der Waals surface area (Å²) >= 11 is 0. The van der Waals surface area contributed by atoms with Crippen LogP contribution in [0.4, 0.5) is 0 Å². The second kappa shape index (κ2) is 5.16. The molecule has 0 radical (unpaired) electrons. The number of piperazine rings is 1. The van der Waals surface area contributed by atoms with E-state index in [9.17, 15) is 8.42 Å².